The van der Waals surface area contributed by atoms with Crippen molar-refractivity contribution >= 4 is 11.6 Å². The lowest BCUT2D eigenvalue weighted by molar-refractivity contribution is 0.569. The average molecular weight is 269 g/mol. The standard InChI is InChI=1S/C12H14ClFN4/c1-7(2)18-10(6-15)16-17-12(18)8-4-3-5-9(13)11(8)14/h3-5,7H,6,15H2,1-2H3. The zero-order chi connectivity index (χ0) is 13.3. The van der Waals surface area contributed by atoms with Crippen molar-refractivity contribution in [2.45, 2.75) is 26.4 Å². The molecule has 18 heavy (non-hydrogen) atoms. The van der Waals surface area contributed by atoms with Gasteiger partial charge in [-0.3, -0.25) is 0 Å². The minimum absolute atomic E-state index is 0.0695. The van der Waals surface area contributed by atoms with Crippen molar-refractivity contribution in [1.29, 1.82) is 0 Å². The summed E-state index contributed by atoms with van der Waals surface area (Å²) in [6.07, 6.45) is 0. The molecular formula is C12H14ClFN4. The first-order chi connectivity index (χ1) is 8.56. The smallest absolute Gasteiger partial charge is 0.167 e. The molecule has 1 aromatic heterocycles. The number of benzene rings is 1. The third kappa shape index (κ3) is 2.11. The minimum Gasteiger partial charge on any atom is -0.324 e. The maximum Gasteiger partial charge on any atom is 0.167 e. The normalized spacial score (nSPS) is 11.2. The molecule has 0 atom stereocenters. The van der Waals surface area contributed by atoms with Crippen LogP contribution < -0.4 is 5.73 Å². The van der Waals surface area contributed by atoms with E-state index in [0.29, 0.717) is 17.2 Å². The summed E-state index contributed by atoms with van der Waals surface area (Å²) in [7, 11) is 0. The highest BCUT2D eigenvalue weighted by Crippen LogP contribution is 2.28. The fraction of sp³-hybridized carbons (Fsp3) is 0.333. The molecular weight excluding hydrogens is 255 g/mol. The molecule has 0 unspecified atom stereocenters. The summed E-state index contributed by atoms with van der Waals surface area (Å²) in [5.41, 5.74) is 5.94. The monoisotopic (exact) mass is 268 g/mol. The fourth-order valence-electron chi connectivity index (χ4n) is 1.87. The lowest BCUT2D eigenvalue weighted by Gasteiger charge is -2.13. The van der Waals surface area contributed by atoms with Gasteiger partial charge >= 0.3 is 0 Å². The number of hydrogen-bond acceptors (Lipinski definition) is 3. The predicted octanol–water partition coefficient (Wildman–Crippen LogP) is 2.78. The predicted molar refractivity (Wildman–Crippen MR) is 68.7 cm³/mol. The van der Waals surface area contributed by atoms with Gasteiger partial charge in [-0.25, -0.2) is 4.39 Å². The number of nitrogens with zero attached hydrogens (tertiary/aromatic N) is 3. The van der Waals surface area contributed by atoms with Crippen LogP contribution in [-0.2, 0) is 6.54 Å². The summed E-state index contributed by atoms with van der Waals surface area (Å²) in [5.74, 6) is 0.585. The fourth-order valence-corrected chi connectivity index (χ4v) is 2.04. The van der Waals surface area contributed by atoms with E-state index in [1.54, 1.807) is 12.1 Å². The van der Waals surface area contributed by atoms with Crippen LogP contribution in [0.3, 0.4) is 0 Å². The summed E-state index contributed by atoms with van der Waals surface area (Å²) >= 11 is 5.78. The highest BCUT2D eigenvalue weighted by Gasteiger charge is 2.19. The topological polar surface area (TPSA) is 56.7 Å². The molecule has 0 aliphatic heterocycles. The molecule has 0 radical (unpaired) electrons. The molecule has 0 aliphatic carbocycles. The lowest BCUT2D eigenvalue weighted by atomic mass is 10.2. The van der Waals surface area contributed by atoms with Crippen molar-refractivity contribution in [2.75, 3.05) is 0 Å². The SMILES string of the molecule is CC(C)n1c(CN)nnc1-c1cccc(Cl)c1F. The van der Waals surface area contributed by atoms with Crippen LogP contribution in [0.2, 0.25) is 5.02 Å². The highest BCUT2D eigenvalue weighted by atomic mass is 35.5. The number of aromatic nitrogens is 3. The van der Waals surface area contributed by atoms with Crippen LogP contribution in [0.25, 0.3) is 11.4 Å². The summed E-state index contributed by atoms with van der Waals surface area (Å²) in [4.78, 5) is 0. The molecule has 0 aliphatic rings. The third-order valence-electron chi connectivity index (χ3n) is 2.66. The quantitative estimate of drug-likeness (QED) is 0.931. The van der Waals surface area contributed by atoms with E-state index in [1.807, 2.05) is 18.4 Å². The Morgan fingerprint density at radius 1 is 1.39 bits per heavy atom. The van der Waals surface area contributed by atoms with Crippen LogP contribution in [0, 0.1) is 5.82 Å². The maximum atomic E-state index is 14.0. The average Bonchev–Trinajstić information content (AvgIpc) is 2.76. The molecule has 0 amide bonds. The molecule has 6 heteroatoms. The van der Waals surface area contributed by atoms with E-state index in [4.69, 9.17) is 17.3 Å². The van der Waals surface area contributed by atoms with Gasteiger partial charge in [-0.2, -0.15) is 0 Å². The summed E-state index contributed by atoms with van der Waals surface area (Å²) < 4.78 is 15.8. The molecule has 0 saturated heterocycles. The van der Waals surface area contributed by atoms with Gasteiger partial charge in [0.2, 0.25) is 0 Å². The van der Waals surface area contributed by atoms with E-state index in [-0.39, 0.29) is 17.6 Å². The van der Waals surface area contributed by atoms with E-state index >= 15 is 0 Å². The first kappa shape index (κ1) is 13.0. The van der Waals surface area contributed by atoms with Crippen LogP contribution in [0.5, 0.6) is 0 Å². The van der Waals surface area contributed by atoms with Gasteiger partial charge in [-0.1, -0.05) is 17.7 Å². The molecule has 1 heterocycles. The van der Waals surface area contributed by atoms with Gasteiger partial charge in [-0.15, -0.1) is 10.2 Å². The maximum absolute atomic E-state index is 14.0. The molecule has 1 aromatic carbocycles. The molecule has 4 nitrogen and oxygen atoms in total. The van der Waals surface area contributed by atoms with Gasteiger partial charge in [0.05, 0.1) is 17.1 Å². The van der Waals surface area contributed by atoms with Gasteiger partial charge < -0.3 is 10.3 Å². The second kappa shape index (κ2) is 5.04. The van der Waals surface area contributed by atoms with E-state index in [9.17, 15) is 4.39 Å². The number of halogens is 2. The largest absolute Gasteiger partial charge is 0.324 e. The van der Waals surface area contributed by atoms with Gasteiger partial charge in [0.1, 0.15) is 5.82 Å². The molecule has 0 spiro atoms. The minimum atomic E-state index is -0.489. The third-order valence-corrected chi connectivity index (χ3v) is 2.95. The molecule has 0 fully saturated rings. The van der Waals surface area contributed by atoms with Crippen molar-refractivity contribution in [2.24, 2.45) is 5.73 Å². The van der Waals surface area contributed by atoms with Crippen LogP contribution in [0.1, 0.15) is 25.7 Å². The Labute approximate surface area is 110 Å². The van der Waals surface area contributed by atoms with Crippen LogP contribution in [0.4, 0.5) is 4.39 Å². The van der Waals surface area contributed by atoms with Crippen LogP contribution in [-0.4, -0.2) is 14.8 Å². The molecule has 0 bridgehead atoms. The Morgan fingerprint density at radius 3 is 2.72 bits per heavy atom. The number of nitrogens with two attached hydrogens (primary N) is 1. The number of hydrogen-bond donors (Lipinski definition) is 1. The summed E-state index contributed by atoms with van der Waals surface area (Å²) in [6, 6.07) is 4.90. The second-order valence-electron chi connectivity index (χ2n) is 4.21. The van der Waals surface area contributed by atoms with Crippen molar-refractivity contribution in [3.8, 4) is 11.4 Å². The molecule has 0 saturated carbocycles. The Kier molecular flexibility index (Phi) is 3.63. The lowest BCUT2D eigenvalue weighted by Crippen LogP contribution is -2.12. The van der Waals surface area contributed by atoms with Crippen molar-refractivity contribution in [1.82, 2.24) is 14.8 Å². The zero-order valence-electron chi connectivity index (χ0n) is 10.2. The summed E-state index contributed by atoms with van der Waals surface area (Å²) in [5, 5.41) is 8.07. The molecule has 96 valence electrons. The van der Waals surface area contributed by atoms with Crippen molar-refractivity contribution in [3.63, 3.8) is 0 Å². The van der Waals surface area contributed by atoms with E-state index in [0.717, 1.165) is 0 Å². The Bertz CT molecular complexity index is 565. The Morgan fingerprint density at radius 2 is 2.11 bits per heavy atom. The molecule has 2 N–H and O–H groups in total. The van der Waals surface area contributed by atoms with Gasteiger partial charge in [0.25, 0.3) is 0 Å². The van der Waals surface area contributed by atoms with Gasteiger partial charge in [-0.05, 0) is 26.0 Å². The molecule has 2 aromatic rings. The first-order valence-corrected chi connectivity index (χ1v) is 6.02. The Hall–Kier alpha value is -1.46. The van der Waals surface area contributed by atoms with Crippen LogP contribution in [0.15, 0.2) is 18.2 Å². The van der Waals surface area contributed by atoms with E-state index in [2.05, 4.69) is 10.2 Å². The van der Waals surface area contributed by atoms with Crippen molar-refractivity contribution in [3.05, 3.63) is 34.9 Å². The van der Waals surface area contributed by atoms with Gasteiger partial charge in [0, 0.05) is 6.04 Å². The second-order valence-corrected chi connectivity index (χ2v) is 4.62. The summed E-state index contributed by atoms with van der Waals surface area (Å²) in [6.45, 7) is 4.19. The Balaban J connectivity index is 2.64. The molecule has 2 rings (SSSR count). The first-order valence-electron chi connectivity index (χ1n) is 5.64. The highest BCUT2D eigenvalue weighted by molar-refractivity contribution is 6.31. The van der Waals surface area contributed by atoms with E-state index < -0.39 is 5.82 Å². The zero-order valence-corrected chi connectivity index (χ0v) is 10.9. The van der Waals surface area contributed by atoms with Crippen LogP contribution >= 0.6 is 11.6 Å². The van der Waals surface area contributed by atoms with Crippen molar-refractivity contribution < 1.29 is 4.39 Å². The number of rotatable bonds is 3. The van der Waals surface area contributed by atoms with E-state index in [1.165, 1.54) is 6.07 Å². The van der Waals surface area contributed by atoms with Gasteiger partial charge in [0.15, 0.2) is 11.6 Å².